The molecule has 0 spiro atoms. The topological polar surface area (TPSA) is 43.4 Å². The molecule has 1 rings (SSSR count). The van der Waals surface area contributed by atoms with Crippen LogP contribution in [0.15, 0.2) is 18.3 Å². The van der Waals surface area contributed by atoms with Crippen LogP contribution in [0, 0.1) is 5.92 Å². The molecular weight excluding hydrogens is 240 g/mol. The minimum Gasteiger partial charge on any atom is -0.495 e. The summed E-state index contributed by atoms with van der Waals surface area (Å²) in [4.78, 5) is 4.49. The molecule has 0 saturated carbocycles. The molecule has 0 saturated heterocycles. The van der Waals surface area contributed by atoms with Gasteiger partial charge in [-0.1, -0.05) is 20.8 Å². The summed E-state index contributed by atoms with van der Waals surface area (Å²) in [5, 5.41) is 3.47. The zero-order valence-electron chi connectivity index (χ0n) is 12.6. The Morgan fingerprint density at radius 1 is 1.32 bits per heavy atom. The van der Waals surface area contributed by atoms with Crippen LogP contribution in [-0.4, -0.2) is 31.3 Å². The van der Waals surface area contributed by atoms with Crippen LogP contribution >= 0.6 is 0 Å². The van der Waals surface area contributed by atoms with Gasteiger partial charge in [-0.15, -0.1) is 0 Å². The molecule has 19 heavy (non-hydrogen) atoms. The minimum atomic E-state index is 0.0427. The van der Waals surface area contributed by atoms with E-state index in [1.165, 1.54) is 0 Å². The fourth-order valence-electron chi connectivity index (χ4n) is 2.26. The van der Waals surface area contributed by atoms with Crippen molar-refractivity contribution >= 4 is 0 Å². The van der Waals surface area contributed by atoms with Crippen LogP contribution in [0.2, 0.25) is 0 Å². The van der Waals surface area contributed by atoms with Gasteiger partial charge in [-0.05, 0) is 31.5 Å². The molecule has 2 unspecified atom stereocenters. The van der Waals surface area contributed by atoms with Crippen LogP contribution in [0.3, 0.4) is 0 Å². The lowest BCUT2D eigenvalue weighted by Gasteiger charge is -2.31. The molecule has 1 heterocycles. The summed E-state index contributed by atoms with van der Waals surface area (Å²) in [6, 6.07) is 3.87. The van der Waals surface area contributed by atoms with E-state index < -0.39 is 0 Å². The van der Waals surface area contributed by atoms with Gasteiger partial charge in [0.1, 0.15) is 11.4 Å². The highest BCUT2D eigenvalue weighted by Gasteiger charge is 2.29. The molecule has 0 bridgehead atoms. The smallest absolute Gasteiger partial charge is 0.142 e. The second-order valence-corrected chi connectivity index (χ2v) is 4.79. The monoisotopic (exact) mass is 266 g/mol. The number of nitrogens with zero attached hydrogens (tertiary/aromatic N) is 1. The van der Waals surface area contributed by atoms with Crippen molar-refractivity contribution in [2.75, 3.05) is 20.3 Å². The van der Waals surface area contributed by atoms with Crippen molar-refractivity contribution in [2.45, 2.75) is 39.8 Å². The molecule has 4 heteroatoms. The number of rotatable bonds is 8. The van der Waals surface area contributed by atoms with Gasteiger partial charge in [-0.25, -0.2) is 0 Å². The van der Waals surface area contributed by atoms with Crippen LogP contribution in [0.4, 0.5) is 0 Å². The van der Waals surface area contributed by atoms with E-state index >= 15 is 0 Å². The average molecular weight is 266 g/mol. The summed E-state index contributed by atoms with van der Waals surface area (Å²) >= 11 is 0. The molecule has 0 aromatic carbocycles. The highest BCUT2D eigenvalue weighted by Crippen LogP contribution is 2.29. The van der Waals surface area contributed by atoms with Gasteiger partial charge in [0.25, 0.3) is 0 Å². The maximum absolute atomic E-state index is 5.91. The summed E-state index contributed by atoms with van der Waals surface area (Å²) in [6.45, 7) is 10.0. The summed E-state index contributed by atoms with van der Waals surface area (Å²) in [6.07, 6.45) is 1.87. The highest BCUT2D eigenvalue weighted by molar-refractivity contribution is 5.30. The number of ether oxygens (including phenoxy) is 2. The van der Waals surface area contributed by atoms with Crippen molar-refractivity contribution in [1.29, 1.82) is 0 Å². The molecule has 1 N–H and O–H groups in total. The number of hydrogen-bond acceptors (Lipinski definition) is 4. The van der Waals surface area contributed by atoms with Gasteiger partial charge in [0.2, 0.25) is 0 Å². The molecule has 1 aromatic heterocycles. The Morgan fingerprint density at radius 3 is 2.58 bits per heavy atom. The zero-order valence-corrected chi connectivity index (χ0v) is 12.6. The van der Waals surface area contributed by atoms with E-state index in [-0.39, 0.29) is 12.1 Å². The molecule has 1 aromatic rings. The number of hydrogen-bond donors (Lipinski definition) is 1. The first kappa shape index (κ1) is 15.9. The molecule has 2 atom stereocenters. The Kier molecular flexibility index (Phi) is 6.81. The third kappa shape index (κ3) is 4.18. The van der Waals surface area contributed by atoms with E-state index in [0.717, 1.165) is 18.0 Å². The normalized spacial score (nSPS) is 14.4. The number of aromatic nitrogens is 1. The number of likely N-dealkylation sites (N-methyl/N-ethyl adjacent to an activating group) is 1. The van der Waals surface area contributed by atoms with E-state index in [2.05, 4.69) is 31.1 Å². The molecule has 0 aliphatic rings. The van der Waals surface area contributed by atoms with Crippen LogP contribution in [0.25, 0.3) is 0 Å². The van der Waals surface area contributed by atoms with Crippen molar-refractivity contribution in [2.24, 2.45) is 5.92 Å². The Morgan fingerprint density at radius 2 is 2.05 bits per heavy atom. The first-order valence-electron chi connectivity index (χ1n) is 6.99. The van der Waals surface area contributed by atoms with E-state index in [1.807, 2.05) is 19.1 Å². The lowest BCUT2D eigenvalue weighted by atomic mass is 9.96. The van der Waals surface area contributed by atoms with Crippen molar-refractivity contribution < 1.29 is 9.47 Å². The predicted molar refractivity (Wildman–Crippen MR) is 77.5 cm³/mol. The summed E-state index contributed by atoms with van der Waals surface area (Å²) in [5.74, 6) is 1.20. The molecule has 0 amide bonds. The van der Waals surface area contributed by atoms with Gasteiger partial charge in [-0.2, -0.15) is 0 Å². The standard InChI is InChI=1S/C15H26N2O2/c1-6-16-14(15(11(3)4)19-7-2)13-12(18-5)9-8-10-17-13/h8-11,14-16H,6-7H2,1-5H3. The van der Waals surface area contributed by atoms with Crippen molar-refractivity contribution in [3.05, 3.63) is 24.0 Å². The molecule has 108 valence electrons. The fraction of sp³-hybridized carbons (Fsp3) is 0.667. The van der Waals surface area contributed by atoms with Crippen molar-refractivity contribution in [3.63, 3.8) is 0 Å². The maximum atomic E-state index is 5.91. The van der Waals surface area contributed by atoms with Crippen molar-refractivity contribution in [1.82, 2.24) is 10.3 Å². The van der Waals surface area contributed by atoms with Crippen LogP contribution in [0.5, 0.6) is 5.75 Å². The zero-order chi connectivity index (χ0) is 14.3. The molecule has 0 radical (unpaired) electrons. The molecule has 4 nitrogen and oxygen atoms in total. The Bertz CT molecular complexity index is 369. The number of methoxy groups -OCH3 is 1. The molecule has 0 aliphatic heterocycles. The van der Waals surface area contributed by atoms with Crippen LogP contribution in [0.1, 0.15) is 39.4 Å². The Balaban J connectivity index is 3.09. The van der Waals surface area contributed by atoms with E-state index in [9.17, 15) is 0 Å². The average Bonchev–Trinajstić information content (AvgIpc) is 2.42. The number of pyridine rings is 1. The number of nitrogens with one attached hydrogen (secondary N) is 1. The summed E-state index contributed by atoms with van der Waals surface area (Å²) in [5.41, 5.74) is 0.916. The van der Waals surface area contributed by atoms with Crippen molar-refractivity contribution in [3.8, 4) is 5.75 Å². The fourth-order valence-corrected chi connectivity index (χ4v) is 2.26. The minimum absolute atomic E-state index is 0.0427. The van der Waals surface area contributed by atoms with Gasteiger partial charge in [-0.3, -0.25) is 4.98 Å². The molecule has 0 aliphatic carbocycles. The first-order valence-corrected chi connectivity index (χ1v) is 6.99. The summed E-state index contributed by atoms with van der Waals surface area (Å²) < 4.78 is 11.3. The Labute approximate surface area is 116 Å². The SMILES string of the molecule is CCNC(c1ncccc1OC)C(OCC)C(C)C. The molecular formula is C15H26N2O2. The van der Waals surface area contributed by atoms with Gasteiger partial charge >= 0.3 is 0 Å². The van der Waals surface area contributed by atoms with E-state index in [1.54, 1.807) is 13.3 Å². The van der Waals surface area contributed by atoms with Gasteiger partial charge in [0, 0.05) is 12.8 Å². The lowest BCUT2D eigenvalue weighted by Crippen LogP contribution is -2.38. The first-order chi connectivity index (χ1) is 9.15. The predicted octanol–water partition coefficient (Wildman–Crippen LogP) is 2.80. The quantitative estimate of drug-likeness (QED) is 0.785. The van der Waals surface area contributed by atoms with Crippen LogP contribution in [-0.2, 0) is 4.74 Å². The molecule has 0 fully saturated rings. The third-order valence-corrected chi connectivity index (χ3v) is 3.08. The second kappa shape index (κ2) is 8.12. The second-order valence-electron chi connectivity index (χ2n) is 4.79. The van der Waals surface area contributed by atoms with Gasteiger partial charge in [0.05, 0.1) is 19.3 Å². The van der Waals surface area contributed by atoms with Gasteiger partial charge in [0.15, 0.2) is 0 Å². The van der Waals surface area contributed by atoms with E-state index in [4.69, 9.17) is 9.47 Å². The highest BCUT2D eigenvalue weighted by atomic mass is 16.5. The summed E-state index contributed by atoms with van der Waals surface area (Å²) in [7, 11) is 1.68. The van der Waals surface area contributed by atoms with Gasteiger partial charge < -0.3 is 14.8 Å². The Hall–Kier alpha value is -1.13. The van der Waals surface area contributed by atoms with E-state index in [0.29, 0.717) is 12.5 Å². The lowest BCUT2D eigenvalue weighted by molar-refractivity contribution is 0.00162. The third-order valence-electron chi connectivity index (χ3n) is 3.08. The largest absolute Gasteiger partial charge is 0.495 e. The van der Waals surface area contributed by atoms with Crippen LogP contribution < -0.4 is 10.1 Å². The maximum Gasteiger partial charge on any atom is 0.142 e.